The number of carbonyl (C=O) groups is 1. The van der Waals surface area contributed by atoms with Crippen molar-refractivity contribution in [2.45, 2.75) is 33.7 Å². The summed E-state index contributed by atoms with van der Waals surface area (Å²) in [6, 6.07) is 7.51. The summed E-state index contributed by atoms with van der Waals surface area (Å²) in [4.78, 5) is 17.4. The summed E-state index contributed by atoms with van der Waals surface area (Å²) < 4.78 is 0. The average Bonchev–Trinajstić information content (AvgIpc) is 2.77. The Morgan fingerprint density at radius 2 is 2.10 bits per heavy atom. The summed E-state index contributed by atoms with van der Waals surface area (Å²) in [5, 5.41) is 4.60. The van der Waals surface area contributed by atoms with Gasteiger partial charge in [-0.1, -0.05) is 43.6 Å². The molecule has 0 unspecified atom stereocenters. The van der Waals surface area contributed by atoms with Crippen molar-refractivity contribution in [3.63, 3.8) is 0 Å². The Hall–Kier alpha value is -1.39. The zero-order valence-corrected chi connectivity index (χ0v) is 14.0. The molecule has 2 aromatic rings. The first-order valence-corrected chi connectivity index (χ1v) is 8.14. The van der Waals surface area contributed by atoms with Gasteiger partial charge in [-0.05, 0) is 24.5 Å². The molecule has 0 bridgehead atoms. The molecule has 1 heterocycles. The summed E-state index contributed by atoms with van der Waals surface area (Å²) in [5.74, 6) is 0.453. The number of carbonyl (C=O) groups excluding carboxylic acids is 1. The zero-order valence-electron chi connectivity index (χ0n) is 12.4. The number of halogens is 1. The summed E-state index contributed by atoms with van der Waals surface area (Å²) in [7, 11) is 0. The van der Waals surface area contributed by atoms with Gasteiger partial charge in [0.25, 0.3) is 5.91 Å². The maximum Gasteiger partial charge on any atom is 0.263 e. The molecular formula is C16H19ClN2OS. The number of amides is 1. The smallest absolute Gasteiger partial charge is 0.263 e. The molecular weight excluding hydrogens is 304 g/mol. The van der Waals surface area contributed by atoms with Crippen molar-refractivity contribution in [3.05, 3.63) is 50.4 Å². The molecule has 1 amide bonds. The minimum atomic E-state index is -0.0834. The quantitative estimate of drug-likeness (QED) is 0.895. The van der Waals surface area contributed by atoms with Gasteiger partial charge in [0.15, 0.2) is 0 Å². The Bertz CT molecular complexity index is 637. The van der Waals surface area contributed by atoms with E-state index >= 15 is 0 Å². The van der Waals surface area contributed by atoms with E-state index in [9.17, 15) is 4.79 Å². The van der Waals surface area contributed by atoms with Crippen LogP contribution in [0.5, 0.6) is 0 Å². The van der Waals surface area contributed by atoms with Gasteiger partial charge < -0.3 is 5.32 Å². The van der Waals surface area contributed by atoms with Crippen LogP contribution in [0.15, 0.2) is 24.3 Å². The molecule has 21 heavy (non-hydrogen) atoms. The molecule has 112 valence electrons. The van der Waals surface area contributed by atoms with E-state index < -0.39 is 0 Å². The Morgan fingerprint density at radius 3 is 2.76 bits per heavy atom. The third kappa shape index (κ3) is 4.29. The Kier molecular flexibility index (Phi) is 5.37. The molecule has 0 fully saturated rings. The molecule has 0 aliphatic carbocycles. The van der Waals surface area contributed by atoms with E-state index in [1.165, 1.54) is 11.3 Å². The van der Waals surface area contributed by atoms with E-state index in [4.69, 9.17) is 11.6 Å². The van der Waals surface area contributed by atoms with Gasteiger partial charge in [0, 0.05) is 18.0 Å². The number of nitrogens with zero attached hydrogens (tertiary/aromatic N) is 1. The highest BCUT2D eigenvalue weighted by Crippen LogP contribution is 2.21. The summed E-state index contributed by atoms with van der Waals surface area (Å²) in [6.45, 7) is 6.60. The number of aromatic nitrogens is 1. The van der Waals surface area contributed by atoms with Gasteiger partial charge in [0.2, 0.25) is 0 Å². The van der Waals surface area contributed by atoms with E-state index in [1.54, 1.807) is 0 Å². The molecule has 0 aliphatic heterocycles. The summed E-state index contributed by atoms with van der Waals surface area (Å²) in [5.41, 5.74) is 1.71. The molecule has 0 saturated heterocycles. The maximum absolute atomic E-state index is 12.3. The lowest BCUT2D eigenvalue weighted by Gasteiger charge is -2.06. The second-order valence-corrected chi connectivity index (χ2v) is 6.89. The Balaban J connectivity index is 2.04. The number of benzene rings is 1. The predicted molar refractivity (Wildman–Crippen MR) is 88.0 cm³/mol. The molecule has 1 aromatic heterocycles. The number of hydrogen-bond donors (Lipinski definition) is 1. The van der Waals surface area contributed by atoms with Gasteiger partial charge in [0.05, 0.1) is 10.7 Å². The van der Waals surface area contributed by atoms with E-state index in [2.05, 4.69) is 24.1 Å². The molecule has 2 rings (SSSR count). The lowest BCUT2D eigenvalue weighted by molar-refractivity contribution is 0.0954. The maximum atomic E-state index is 12.3. The SMILES string of the molecule is Cc1nc(CC(C)C)sc1C(=O)NCc1ccccc1Cl. The van der Waals surface area contributed by atoms with Gasteiger partial charge in [-0.15, -0.1) is 11.3 Å². The van der Waals surface area contributed by atoms with Gasteiger partial charge in [-0.2, -0.15) is 0 Å². The molecule has 0 spiro atoms. The first-order chi connectivity index (χ1) is 9.97. The van der Waals surface area contributed by atoms with Crippen LogP contribution < -0.4 is 5.32 Å². The Morgan fingerprint density at radius 1 is 1.38 bits per heavy atom. The normalized spacial score (nSPS) is 10.9. The minimum Gasteiger partial charge on any atom is -0.347 e. The average molecular weight is 323 g/mol. The van der Waals surface area contributed by atoms with E-state index in [1.807, 2.05) is 31.2 Å². The van der Waals surface area contributed by atoms with Crippen LogP contribution in [0.4, 0.5) is 0 Å². The van der Waals surface area contributed by atoms with Crippen LogP contribution in [0.2, 0.25) is 5.02 Å². The van der Waals surface area contributed by atoms with Crippen LogP contribution >= 0.6 is 22.9 Å². The minimum absolute atomic E-state index is 0.0834. The molecule has 1 aromatic carbocycles. The van der Waals surface area contributed by atoms with E-state index in [0.717, 1.165) is 22.7 Å². The van der Waals surface area contributed by atoms with Crippen molar-refractivity contribution in [1.82, 2.24) is 10.3 Å². The van der Waals surface area contributed by atoms with Gasteiger partial charge in [-0.25, -0.2) is 4.98 Å². The highest BCUT2D eigenvalue weighted by atomic mass is 35.5. The van der Waals surface area contributed by atoms with Crippen LogP contribution in [0.1, 0.15) is 39.8 Å². The molecule has 1 N–H and O–H groups in total. The van der Waals surface area contributed by atoms with Crippen molar-refractivity contribution < 1.29 is 4.79 Å². The first-order valence-electron chi connectivity index (χ1n) is 6.95. The standard InChI is InChI=1S/C16H19ClN2OS/c1-10(2)8-14-19-11(3)15(21-14)16(20)18-9-12-6-4-5-7-13(12)17/h4-7,10H,8-9H2,1-3H3,(H,18,20). The van der Waals surface area contributed by atoms with Crippen LogP contribution in [-0.2, 0) is 13.0 Å². The van der Waals surface area contributed by atoms with E-state index in [-0.39, 0.29) is 5.91 Å². The zero-order chi connectivity index (χ0) is 15.4. The monoisotopic (exact) mass is 322 g/mol. The van der Waals surface area contributed by atoms with Crippen molar-refractivity contribution in [2.75, 3.05) is 0 Å². The van der Waals surface area contributed by atoms with Crippen LogP contribution in [0.3, 0.4) is 0 Å². The van der Waals surface area contributed by atoms with Crippen LogP contribution in [-0.4, -0.2) is 10.9 Å². The van der Waals surface area contributed by atoms with Gasteiger partial charge in [-0.3, -0.25) is 4.79 Å². The van der Waals surface area contributed by atoms with Crippen molar-refractivity contribution in [1.29, 1.82) is 0 Å². The number of aryl methyl sites for hydroxylation is 1. The largest absolute Gasteiger partial charge is 0.347 e. The lowest BCUT2D eigenvalue weighted by atomic mass is 10.1. The topological polar surface area (TPSA) is 42.0 Å². The fraction of sp³-hybridized carbons (Fsp3) is 0.375. The highest BCUT2D eigenvalue weighted by Gasteiger charge is 2.15. The van der Waals surface area contributed by atoms with Crippen molar-refractivity contribution in [3.8, 4) is 0 Å². The highest BCUT2D eigenvalue weighted by molar-refractivity contribution is 7.13. The molecule has 0 aliphatic rings. The lowest BCUT2D eigenvalue weighted by Crippen LogP contribution is -2.22. The molecule has 0 atom stereocenters. The number of thiazole rings is 1. The van der Waals surface area contributed by atoms with Crippen LogP contribution in [0, 0.1) is 12.8 Å². The molecule has 5 heteroatoms. The fourth-order valence-electron chi connectivity index (χ4n) is 2.00. The number of hydrogen-bond acceptors (Lipinski definition) is 3. The Labute approximate surface area is 134 Å². The number of nitrogens with one attached hydrogen (secondary N) is 1. The van der Waals surface area contributed by atoms with Gasteiger partial charge in [0.1, 0.15) is 4.88 Å². The third-order valence-electron chi connectivity index (χ3n) is 3.03. The summed E-state index contributed by atoms with van der Waals surface area (Å²) in [6.07, 6.45) is 0.906. The van der Waals surface area contributed by atoms with Crippen molar-refractivity contribution >= 4 is 28.8 Å². The molecule has 3 nitrogen and oxygen atoms in total. The summed E-state index contributed by atoms with van der Waals surface area (Å²) >= 11 is 7.56. The predicted octanol–water partition coefficient (Wildman–Crippen LogP) is 4.23. The van der Waals surface area contributed by atoms with Crippen LogP contribution in [0.25, 0.3) is 0 Å². The molecule has 0 radical (unpaired) electrons. The third-order valence-corrected chi connectivity index (χ3v) is 4.57. The van der Waals surface area contributed by atoms with E-state index in [0.29, 0.717) is 22.4 Å². The molecule has 0 saturated carbocycles. The second kappa shape index (κ2) is 7.05. The first kappa shape index (κ1) is 16.0. The second-order valence-electron chi connectivity index (χ2n) is 5.39. The van der Waals surface area contributed by atoms with Crippen molar-refractivity contribution in [2.24, 2.45) is 5.92 Å². The number of rotatable bonds is 5. The fourth-order valence-corrected chi connectivity index (χ4v) is 3.39. The van der Waals surface area contributed by atoms with Gasteiger partial charge >= 0.3 is 0 Å².